The van der Waals surface area contributed by atoms with Crippen LogP contribution in [0.25, 0.3) is 0 Å². The SMILES string of the molecule is C=CCNC(=O)C1CCN(C(=O)C2CCOCC2)CC1. The van der Waals surface area contributed by atoms with Crippen LogP contribution in [0.4, 0.5) is 0 Å². The van der Waals surface area contributed by atoms with Crippen molar-refractivity contribution < 1.29 is 14.3 Å². The van der Waals surface area contributed by atoms with Gasteiger partial charge in [0.1, 0.15) is 0 Å². The molecule has 20 heavy (non-hydrogen) atoms. The van der Waals surface area contributed by atoms with Crippen molar-refractivity contribution >= 4 is 11.8 Å². The first-order valence-electron chi connectivity index (χ1n) is 7.47. The largest absolute Gasteiger partial charge is 0.381 e. The predicted molar refractivity (Wildman–Crippen MR) is 76.1 cm³/mol. The zero-order valence-corrected chi connectivity index (χ0v) is 12.0. The molecule has 0 atom stereocenters. The molecular weight excluding hydrogens is 256 g/mol. The van der Waals surface area contributed by atoms with Gasteiger partial charge in [0.15, 0.2) is 0 Å². The number of carbonyl (C=O) groups is 2. The fraction of sp³-hybridized carbons (Fsp3) is 0.733. The number of likely N-dealkylation sites (tertiary alicyclic amines) is 1. The maximum Gasteiger partial charge on any atom is 0.225 e. The lowest BCUT2D eigenvalue weighted by molar-refractivity contribution is -0.141. The zero-order valence-electron chi connectivity index (χ0n) is 12.0. The highest BCUT2D eigenvalue weighted by Gasteiger charge is 2.31. The summed E-state index contributed by atoms with van der Waals surface area (Å²) in [5.41, 5.74) is 0. The first-order chi connectivity index (χ1) is 9.72. The lowest BCUT2D eigenvalue weighted by Gasteiger charge is -2.34. The Kier molecular flexibility index (Phi) is 5.59. The van der Waals surface area contributed by atoms with Crippen molar-refractivity contribution in [2.75, 3.05) is 32.8 Å². The van der Waals surface area contributed by atoms with Crippen LogP contribution in [0.3, 0.4) is 0 Å². The number of carbonyl (C=O) groups excluding carboxylic acids is 2. The first-order valence-corrected chi connectivity index (χ1v) is 7.47. The molecule has 0 spiro atoms. The minimum Gasteiger partial charge on any atom is -0.381 e. The molecule has 0 saturated carbocycles. The van der Waals surface area contributed by atoms with E-state index in [1.807, 2.05) is 4.90 Å². The molecule has 2 aliphatic heterocycles. The van der Waals surface area contributed by atoms with Crippen molar-refractivity contribution in [3.63, 3.8) is 0 Å². The summed E-state index contributed by atoms with van der Waals surface area (Å²) in [4.78, 5) is 26.1. The third kappa shape index (κ3) is 3.82. The molecule has 2 aliphatic rings. The molecule has 2 amide bonds. The van der Waals surface area contributed by atoms with Crippen molar-refractivity contribution in [1.82, 2.24) is 10.2 Å². The van der Waals surface area contributed by atoms with Gasteiger partial charge in [-0.05, 0) is 25.7 Å². The lowest BCUT2D eigenvalue weighted by atomic mass is 9.93. The van der Waals surface area contributed by atoms with E-state index in [-0.39, 0.29) is 23.7 Å². The molecule has 0 aliphatic carbocycles. The highest BCUT2D eigenvalue weighted by atomic mass is 16.5. The molecule has 2 saturated heterocycles. The molecule has 5 heteroatoms. The number of ether oxygens (including phenoxy) is 1. The number of hydrogen-bond donors (Lipinski definition) is 1. The van der Waals surface area contributed by atoms with Crippen LogP contribution in [0, 0.1) is 11.8 Å². The Balaban J connectivity index is 1.77. The topological polar surface area (TPSA) is 58.6 Å². The molecule has 5 nitrogen and oxygen atoms in total. The van der Waals surface area contributed by atoms with E-state index in [2.05, 4.69) is 11.9 Å². The fourth-order valence-electron chi connectivity index (χ4n) is 2.88. The Morgan fingerprint density at radius 3 is 2.40 bits per heavy atom. The predicted octanol–water partition coefficient (Wildman–Crippen LogP) is 0.954. The standard InChI is InChI=1S/C15H24N2O3/c1-2-7-16-14(18)12-3-8-17(9-4-12)15(19)13-5-10-20-11-6-13/h2,12-13H,1,3-11H2,(H,16,18). The summed E-state index contributed by atoms with van der Waals surface area (Å²) in [6.07, 6.45) is 4.87. The highest BCUT2D eigenvalue weighted by Crippen LogP contribution is 2.23. The van der Waals surface area contributed by atoms with Crippen LogP contribution in [0.1, 0.15) is 25.7 Å². The second-order valence-corrected chi connectivity index (χ2v) is 5.52. The third-order valence-electron chi connectivity index (χ3n) is 4.17. The van der Waals surface area contributed by atoms with Gasteiger partial charge in [-0.2, -0.15) is 0 Å². The van der Waals surface area contributed by atoms with Gasteiger partial charge in [0.05, 0.1) is 0 Å². The third-order valence-corrected chi connectivity index (χ3v) is 4.17. The van der Waals surface area contributed by atoms with Crippen LogP contribution in [0.2, 0.25) is 0 Å². The maximum atomic E-state index is 12.4. The van der Waals surface area contributed by atoms with E-state index in [1.165, 1.54) is 0 Å². The maximum absolute atomic E-state index is 12.4. The average molecular weight is 280 g/mol. The smallest absolute Gasteiger partial charge is 0.225 e. The molecule has 1 N–H and O–H groups in total. The minimum absolute atomic E-state index is 0.0358. The van der Waals surface area contributed by atoms with Gasteiger partial charge in [-0.25, -0.2) is 0 Å². The Labute approximate surface area is 120 Å². The van der Waals surface area contributed by atoms with Gasteiger partial charge in [-0.3, -0.25) is 9.59 Å². The van der Waals surface area contributed by atoms with E-state index in [4.69, 9.17) is 4.74 Å². The van der Waals surface area contributed by atoms with Gasteiger partial charge in [-0.1, -0.05) is 6.08 Å². The van der Waals surface area contributed by atoms with Crippen molar-refractivity contribution in [3.8, 4) is 0 Å². The first kappa shape index (κ1) is 15.0. The Morgan fingerprint density at radius 2 is 1.80 bits per heavy atom. The van der Waals surface area contributed by atoms with Gasteiger partial charge in [0.25, 0.3) is 0 Å². The summed E-state index contributed by atoms with van der Waals surface area (Å²) < 4.78 is 5.29. The van der Waals surface area contributed by atoms with Crippen molar-refractivity contribution in [1.29, 1.82) is 0 Å². The van der Waals surface area contributed by atoms with E-state index in [0.717, 1.165) is 25.7 Å². The zero-order chi connectivity index (χ0) is 14.4. The Morgan fingerprint density at radius 1 is 1.15 bits per heavy atom. The number of amides is 2. The molecule has 0 aromatic carbocycles. The average Bonchev–Trinajstić information content (AvgIpc) is 2.53. The highest BCUT2D eigenvalue weighted by molar-refractivity contribution is 5.81. The van der Waals surface area contributed by atoms with E-state index in [0.29, 0.717) is 32.8 Å². The number of hydrogen-bond acceptors (Lipinski definition) is 3. The van der Waals surface area contributed by atoms with Crippen LogP contribution >= 0.6 is 0 Å². The van der Waals surface area contributed by atoms with Crippen LogP contribution in [0.5, 0.6) is 0 Å². The van der Waals surface area contributed by atoms with Crippen molar-refractivity contribution in [2.24, 2.45) is 11.8 Å². The number of piperidine rings is 1. The molecule has 2 rings (SSSR count). The molecule has 0 radical (unpaired) electrons. The summed E-state index contributed by atoms with van der Waals surface area (Å²) in [5, 5.41) is 2.83. The molecule has 2 heterocycles. The van der Waals surface area contributed by atoms with E-state index < -0.39 is 0 Å². The fourth-order valence-corrected chi connectivity index (χ4v) is 2.88. The number of nitrogens with zero attached hydrogens (tertiary/aromatic N) is 1. The minimum atomic E-state index is 0.0358. The van der Waals surface area contributed by atoms with Crippen LogP contribution in [-0.4, -0.2) is 49.6 Å². The van der Waals surface area contributed by atoms with E-state index in [1.54, 1.807) is 6.08 Å². The Bertz CT molecular complexity index is 356. The second kappa shape index (κ2) is 7.43. The number of rotatable bonds is 4. The summed E-state index contributed by atoms with van der Waals surface area (Å²) in [6, 6.07) is 0. The normalized spacial score (nSPS) is 21.5. The molecule has 0 aromatic heterocycles. The van der Waals surface area contributed by atoms with Crippen LogP contribution < -0.4 is 5.32 Å². The van der Waals surface area contributed by atoms with Crippen LogP contribution in [0.15, 0.2) is 12.7 Å². The Hall–Kier alpha value is -1.36. The number of nitrogens with one attached hydrogen (secondary N) is 1. The van der Waals surface area contributed by atoms with Crippen LogP contribution in [-0.2, 0) is 14.3 Å². The summed E-state index contributed by atoms with van der Waals surface area (Å²) in [6.45, 7) is 6.88. The quantitative estimate of drug-likeness (QED) is 0.780. The van der Waals surface area contributed by atoms with Crippen molar-refractivity contribution in [2.45, 2.75) is 25.7 Å². The molecular formula is C15H24N2O3. The summed E-state index contributed by atoms with van der Waals surface area (Å²) >= 11 is 0. The summed E-state index contributed by atoms with van der Waals surface area (Å²) in [5.74, 6) is 0.491. The summed E-state index contributed by atoms with van der Waals surface area (Å²) in [7, 11) is 0. The molecule has 0 bridgehead atoms. The van der Waals surface area contributed by atoms with Crippen molar-refractivity contribution in [3.05, 3.63) is 12.7 Å². The van der Waals surface area contributed by atoms with E-state index in [9.17, 15) is 9.59 Å². The van der Waals surface area contributed by atoms with Gasteiger partial charge >= 0.3 is 0 Å². The molecule has 112 valence electrons. The van der Waals surface area contributed by atoms with Gasteiger partial charge in [-0.15, -0.1) is 6.58 Å². The lowest BCUT2D eigenvalue weighted by Crippen LogP contribution is -2.45. The monoisotopic (exact) mass is 280 g/mol. The molecule has 0 unspecified atom stereocenters. The molecule has 0 aromatic rings. The van der Waals surface area contributed by atoms with Gasteiger partial charge in [0.2, 0.25) is 11.8 Å². The molecule has 2 fully saturated rings. The van der Waals surface area contributed by atoms with Gasteiger partial charge in [0, 0.05) is 44.7 Å². The van der Waals surface area contributed by atoms with Gasteiger partial charge < -0.3 is 15.0 Å². The second-order valence-electron chi connectivity index (χ2n) is 5.52. The van der Waals surface area contributed by atoms with E-state index >= 15 is 0 Å².